The zero-order valence-electron chi connectivity index (χ0n) is 13.2. The third-order valence-electron chi connectivity index (χ3n) is 4.10. The van der Waals surface area contributed by atoms with E-state index in [-0.39, 0.29) is 5.91 Å². The number of anilines is 1. The van der Waals surface area contributed by atoms with Crippen LogP contribution in [0.5, 0.6) is 0 Å². The van der Waals surface area contributed by atoms with Gasteiger partial charge in [-0.15, -0.1) is 0 Å². The van der Waals surface area contributed by atoms with Crippen molar-refractivity contribution < 1.29 is 4.79 Å². The maximum atomic E-state index is 12.7. The van der Waals surface area contributed by atoms with Gasteiger partial charge in [0.05, 0.1) is 17.7 Å². The Bertz CT molecular complexity index is 935. The molecule has 1 aromatic heterocycles. The monoisotopic (exact) mass is 350 g/mol. The van der Waals surface area contributed by atoms with E-state index >= 15 is 0 Å². The number of nitrogens with zero attached hydrogens (tertiary/aromatic N) is 2. The van der Waals surface area contributed by atoms with Crippen LogP contribution < -0.4 is 5.32 Å². The van der Waals surface area contributed by atoms with Gasteiger partial charge in [0.2, 0.25) is 5.91 Å². The number of carbonyl (C=O) groups excluding carboxylic acids is 1. The summed E-state index contributed by atoms with van der Waals surface area (Å²) in [7, 11) is 0. The molecule has 2 heterocycles. The molecule has 0 fully saturated rings. The molecule has 1 atom stereocenters. The Morgan fingerprint density at radius 1 is 1.12 bits per heavy atom. The fourth-order valence-electron chi connectivity index (χ4n) is 2.89. The molecule has 0 radical (unpaired) electrons. The molecule has 25 heavy (non-hydrogen) atoms. The molecule has 124 valence electrons. The number of rotatable bonds is 3. The number of nitrogens with one attached hydrogen (secondary N) is 2. The topological polar surface area (TPSA) is 70.1 Å². The summed E-state index contributed by atoms with van der Waals surface area (Å²) in [6.45, 7) is 0. The summed E-state index contributed by atoms with van der Waals surface area (Å²) in [5.74, 6) is -0.149. The van der Waals surface area contributed by atoms with E-state index in [0.717, 1.165) is 22.5 Å². The number of aromatic nitrogens is 2. The van der Waals surface area contributed by atoms with E-state index in [1.54, 1.807) is 18.6 Å². The van der Waals surface area contributed by atoms with Crippen LogP contribution in [0.2, 0.25) is 5.02 Å². The molecule has 2 aromatic carbocycles. The molecule has 1 aliphatic heterocycles. The third kappa shape index (κ3) is 3.19. The first-order valence-corrected chi connectivity index (χ1v) is 8.30. The molecule has 0 saturated heterocycles. The van der Waals surface area contributed by atoms with Crippen LogP contribution in [0.3, 0.4) is 0 Å². The molecule has 0 saturated carbocycles. The molecule has 1 aliphatic rings. The molecule has 4 rings (SSSR count). The van der Waals surface area contributed by atoms with Crippen LogP contribution in [0, 0.1) is 0 Å². The van der Waals surface area contributed by atoms with Gasteiger partial charge in [-0.25, -0.2) is 4.98 Å². The lowest BCUT2D eigenvalue weighted by Gasteiger charge is -2.10. The Morgan fingerprint density at radius 3 is 2.72 bits per heavy atom. The van der Waals surface area contributed by atoms with E-state index in [4.69, 9.17) is 16.6 Å². The molecule has 1 amide bonds. The molecule has 3 aromatic rings. The van der Waals surface area contributed by atoms with E-state index in [9.17, 15) is 4.79 Å². The summed E-state index contributed by atoms with van der Waals surface area (Å²) in [5, 5.41) is 3.57. The van der Waals surface area contributed by atoms with Crippen molar-refractivity contribution in [3.63, 3.8) is 0 Å². The summed E-state index contributed by atoms with van der Waals surface area (Å²) in [6, 6.07) is 14.7. The lowest BCUT2D eigenvalue weighted by molar-refractivity contribution is -0.117. The first-order chi connectivity index (χ1) is 12.2. The van der Waals surface area contributed by atoms with Gasteiger partial charge in [0, 0.05) is 34.5 Å². The van der Waals surface area contributed by atoms with Crippen molar-refractivity contribution >= 4 is 28.9 Å². The van der Waals surface area contributed by atoms with E-state index in [1.807, 2.05) is 42.5 Å². The number of carbonyl (C=O) groups is 1. The van der Waals surface area contributed by atoms with Crippen molar-refractivity contribution in [2.24, 2.45) is 4.99 Å². The van der Waals surface area contributed by atoms with E-state index in [2.05, 4.69) is 15.3 Å². The van der Waals surface area contributed by atoms with Gasteiger partial charge in [-0.05, 0) is 18.2 Å². The number of benzodiazepines with no additional fused rings is 1. The molecule has 5 nitrogen and oxygen atoms in total. The van der Waals surface area contributed by atoms with Crippen molar-refractivity contribution in [1.82, 2.24) is 9.97 Å². The van der Waals surface area contributed by atoms with E-state index < -0.39 is 6.04 Å². The van der Waals surface area contributed by atoms with Crippen molar-refractivity contribution in [2.45, 2.75) is 12.5 Å². The van der Waals surface area contributed by atoms with Gasteiger partial charge in [-0.3, -0.25) is 9.79 Å². The number of H-pyrrole nitrogens is 1. The van der Waals surface area contributed by atoms with Gasteiger partial charge in [-0.1, -0.05) is 41.9 Å². The second-order valence-corrected chi connectivity index (χ2v) is 6.26. The lowest BCUT2D eigenvalue weighted by Crippen LogP contribution is -2.27. The Morgan fingerprint density at radius 2 is 1.96 bits per heavy atom. The van der Waals surface area contributed by atoms with E-state index in [1.165, 1.54) is 0 Å². The second kappa shape index (κ2) is 6.53. The fraction of sp³-hybridized carbons (Fsp3) is 0.105. The first-order valence-electron chi connectivity index (χ1n) is 7.92. The van der Waals surface area contributed by atoms with Crippen molar-refractivity contribution in [2.75, 3.05) is 5.32 Å². The number of halogens is 1. The van der Waals surface area contributed by atoms with Crippen molar-refractivity contribution in [3.8, 4) is 0 Å². The van der Waals surface area contributed by atoms with Gasteiger partial charge in [-0.2, -0.15) is 0 Å². The number of hydrogen-bond acceptors (Lipinski definition) is 3. The lowest BCUT2D eigenvalue weighted by atomic mass is 10.0. The normalized spacial score (nSPS) is 16.6. The summed E-state index contributed by atoms with van der Waals surface area (Å²) in [6.07, 6.45) is 3.75. The van der Waals surface area contributed by atoms with E-state index in [0.29, 0.717) is 17.1 Å². The Hall–Kier alpha value is -2.92. The van der Waals surface area contributed by atoms with Crippen LogP contribution in [-0.2, 0) is 11.2 Å². The predicted octanol–water partition coefficient (Wildman–Crippen LogP) is 3.46. The molecule has 0 aliphatic carbocycles. The number of benzene rings is 2. The SMILES string of the molecule is O=C1Nc2ccc(Cl)cc2C(c2ccccc2)=N[C@@H]1Cc1cnc[nH]1. The van der Waals surface area contributed by atoms with Crippen LogP contribution in [0.1, 0.15) is 16.8 Å². The molecular weight excluding hydrogens is 336 g/mol. The molecule has 0 unspecified atom stereocenters. The van der Waals surface area contributed by atoms with Crippen LogP contribution in [-0.4, -0.2) is 27.6 Å². The quantitative estimate of drug-likeness (QED) is 0.759. The first kappa shape index (κ1) is 15.6. The Kier molecular flexibility index (Phi) is 4.07. The minimum absolute atomic E-state index is 0.149. The smallest absolute Gasteiger partial charge is 0.249 e. The fourth-order valence-corrected chi connectivity index (χ4v) is 3.06. The van der Waals surface area contributed by atoms with Crippen molar-refractivity contribution in [3.05, 3.63) is 82.9 Å². The Balaban J connectivity index is 1.84. The third-order valence-corrected chi connectivity index (χ3v) is 4.33. The molecule has 6 heteroatoms. The zero-order valence-corrected chi connectivity index (χ0v) is 14.0. The van der Waals surface area contributed by atoms with Crippen LogP contribution in [0.4, 0.5) is 5.69 Å². The number of imidazole rings is 1. The highest BCUT2D eigenvalue weighted by atomic mass is 35.5. The van der Waals surface area contributed by atoms with Gasteiger partial charge >= 0.3 is 0 Å². The molecular formula is C19H15ClN4O. The average Bonchev–Trinajstić information content (AvgIpc) is 3.09. The van der Waals surface area contributed by atoms with Gasteiger partial charge in [0.1, 0.15) is 6.04 Å². The van der Waals surface area contributed by atoms with Gasteiger partial charge in [0.15, 0.2) is 0 Å². The summed E-state index contributed by atoms with van der Waals surface area (Å²) in [5.41, 5.74) is 4.08. The number of amides is 1. The average molecular weight is 351 g/mol. The van der Waals surface area contributed by atoms with Gasteiger partial charge in [0.25, 0.3) is 0 Å². The largest absolute Gasteiger partial charge is 0.348 e. The number of hydrogen-bond donors (Lipinski definition) is 2. The maximum absolute atomic E-state index is 12.7. The van der Waals surface area contributed by atoms with Crippen LogP contribution >= 0.6 is 11.6 Å². The second-order valence-electron chi connectivity index (χ2n) is 5.82. The standard InChI is InChI=1S/C19H15ClN4O/c20-13-6-7-16-15(8-13)18(12-4-2-1-3-5-12)23-17(19(25)24-16)9-14-10-21-11-22-14/h1-8,10-11,17H,9H2,(H,21,22)(H,24,25)/t17-/m1/s1. The number of fused-ring (bicyclic) bond motifs is 1. The Labute approximate surface area is 149 Å². The minimum Gasteiger partial charge on any atom is -0.348 e. The number of aromatic amines is 1. The maximum Gasteiger partial charge on any atom is 0.249 e. The molecule has 0 spiro atoms. The zero-order chi connectivity index (χ0) is 17.2. The molecule has 2 N–H and O–H groups in total. The highest BCUT2D eigenvalue weighted by Gasteiger charge is 2.26. The molecule has 0 bridgehead atoms. The van der Waals surface area contributed by atoms with Crippen molar-refractivity contribution in [1.29, 1.82) is 0 Å². The summed E-state index contributed by atoms with van der Waals surface area (Å²) in [4.78, 5) is 24.5. The summed E-state index contributed by atoms with van der Waals surface area (Å²) >= 11 is 6.19. The summed E-state index contributed by atoms with van der Waals surface area (Å²) < 4.78 is 0. The highest BCUT2D eigenvalue weighted by molar-refractivity contribution is 6.32. The minimum atomic E-state index is -0.554. The van der Waals surface area contributed by atoms with Crippen LogP contribution in [0.15, 0.2) is 66.0 Å². The highest BCUT2D eigenvalue weighted by Crippen LogP contribution is 2.27. The predicted molar refractivity (Wildman–Crippen MR) is 98.2 cm³/mol. The van der Waals surface area contributed by atoms with Gasteiger partial charge < -0.3 is 10.3 Å². The van der Waals surface area contributed by atoms with Crippen LogP contribution in [0.25, 0.3) is 0 Å². The number of aliphatic imine (C=N–C) groups is 1.